The van der Waals surface area contributed by atoms with Gasteiger partial charge in [-0.1, -0.05) is 6.07 Å². The van der Waals surface area contributed by atoms with Gasteiger partial charge < -0.3 is 14.2 Å². The van der Waals surface area contributed by atoms with Crippen LogP contribution < -0.4 is 5.46 Å². The van der Waals surface area contributed by atoms with E-state index in [-0.39, 0.29) is 23.5 Å². The van der Waals surface area contributed by atoms with Gasteiger partial charge in [0.25, 0.3) is 5.91 Å². The molecule has 2 fully saturated rings. The number of likely N-dealkylation sites (tertiary alicyclic amines) is 1. The van der Waals surface area contributed by atoms with Gasteiger partial charge in [0.05, 0.1) is 17.7 Å². The molecular formula is C17H22BF2NO3. The Morgan fingerprint density at radius 2 is 1.88 bits per heavy atom. The van der Waals surface area contributed by atoms with Gasteiger partial charge in [-0.15, -0.1) is 0 Å². The monoisotopic (exact) mass is 337 g/mol. The number of benzene rings is 1. The zero-order chi connectivity index (χ0) is 17.7. The minimum absolute atomic E-state index is 0.0689. The molecule has 1 aromatic rings. The molecule has 0 bridgehead atoms. The topological polar surface area (TPSA) is 38.8 Å². The summed E-state index contributed by atoms with van der Waals surface area (Å²) >= 11 is 0. The highest BCUT2D eigenvalue weighted by molar-refractivity contribution is 6.62. The van der Waals surface area contributed by atoms with Crippen LogP contribution in [0.25, 0.3) is 0 Å². The van der Waals surface area contributed by atoms with Crippen molar-refractivity contribution in [1.29, 1.82) is 0 Å². The van der Waals surface area contributed by atoms with Crippen molar-refractivity contribution in [2.75, 3.05) is 13.1 Å². The number of hydrogen-bond donors (Lipinski definition) is 0. The Balaban J connectivity index is 1.80. The molecule has 2 aliphatic rings. The molecule has 0 aliphatic carbocycles. The lowest BCUT2D eigenvalue weighted by Crippen LogP contribution is -2.41. The quantitative estimate of drug-likeness (QED) is 0.778. The highest BCUT2D eigenvalue weighted by Gasteiger charge is 2.52. The van der Waals surface area contributed by atoms with Gasteiger partial charge >= 0.3 is 7.12 Å². The van der Waals surface area contributed by atoms with Gasteiger partial charge in [-0.05, 0) is 46.2 Å². The van der Waals surface area contributed by atoms with Gasteiger partial charge in [0.1, 0.15) is 12.0 Å². The first kappa shape index (κ1) is 17.4. The predicted octanol–water partition coefficient (Wildman–Crippen LogP) is 2.31. The smallest absolute Gasteiger partial charge is 0.399 e. The van der Waals surface area contributed by atoms with Crippen LogP contribution >= 0.6 is 0 Å². The van der Waals surface area contributed by atoms with Gasteiger partial charge in [-0.2, -0.15) is 0 Å². The predicted molar refractivity (Wildman–Crippen MR) is 87.5 cm³/mol. The zero-order valence-corrected chi connectivity index (χ0v) is 14.4. The van der Waals surface area contributed by atoms with Crippen molar-refractivity contribution >= 4 is 18.5 Å². The highest BCUT2D eigenvalue weighted by atomic mass is 19.1. The molecule has 0 spiro atoms. The Morgan fingerprint density at radius 3 is 2.38 bits per heavy atom. The van der Waals surface area contributed by atoms with E-state index in [0.717, 1.165) is 0 Å². The third-order valence-corrected chi connectivity index (χ3v) is 5.17. The van der Waals surface area contributed by atoms with Crippen LogP contribution in [0.2, 0.25) is 0 Å². The summed E-state index contributed by atoms with van der Waals surface area (Å²) in [7, 11) is -0.818. The van der Waals surface area contributed by atoms with E-state index < -0.39 is 30.3 Å². The van der Waals surface area contributed by atoms with Crippen LogP contribution in [0.1, 0.15) is 44.5 Å². The molecule has 4 nitrogen and oxygen atoms in total. The second kappa shape index (κ2) is 5.81. The van der Waals surface area contributed by atoms with E-state index in [4.69, 9.17) is 9.31 Å². The lowest BCUT2D eigenvalue weighted by molar-refractivity contribution is 0.00578. The van der Waals surface area contributed by atoms with E-state index in [1.165, 1.54) is 23.1 Å². The average Bonchev–Trinajstić information content (AvgIpc) is 2.99. The molecule has 130 valence electrons. The van der Waals surface area contributed by atoms with Crippen LogP contribution in [0.5, 0.6) is 0 Å². The van der Waals surface area contributed by atoms with Crippen LogP contribution in [0.4, 0.5) is 8.78 Å². The summed E-state index contributed by atoms with van der Waals surface area (Å²) in [4.78, 5) is 13.7. The maximum atomic E-state index is 14.5. The van der Waals surface area contributed by atoms with Crippen molar-refractivity contribution in [2.24, 2.45) is 0 Å². The summed E-state index contributed by atoms with van der Waals surface area (Å²) in [5.74, 6) is -0.912. The lowest BCUT2D eigenvalue weighted by Gasteiger charge is -2.32. The van der Waals surface area contributed by atoms with Gasteiger partial charge in [-0.3, -0.25) is 4.79 Å². The standard InChI is InChI=1S/C17H22BF2NO3/c1-16(2)17(3,4)24-18(23-16)13-6-5-11(9-14(13)20)15(22)21-8-7-12(19)10-21/h5-6,9,12H,7-8,10H2,1-4H3/t12-/m0/s1. The molecule has 0 aromatic heterocycles. The molecule has 1 amide bonds. The summed E-state index contributed by atoms with van der Waals surface area (Å²) in [6.07, 6.45) is -0.664. The van der Waals surface area contributed by atoms with Crippen LogP contribution in [0.3, 0.4) is 0 Å². The molecule has 1 atom stereocenters. The van der Waals surface area contributed by atoms with Crippen molar-refractivity contribution in [1.82, 2.24) is 4.90 Å². The summed E-state index contributed by atoms with van der Waals surface area (Å²) in [5, 5.41) is 0. The Morgan fingerprint density at radius 1 is 1.25 bits per heavy atom. The number of alkyl halides is 1. The fourth-order valence-electron chi connectivity index (χ4n) is 2.91. The fraction of sp³-hybridized carbons (Fsp3) is 0.588. The van der Waals surface area contributed by atoms with Gasteiger partial charge in [0, 0.05) is 17.6 Å². The second-order valence-electron chi connectivity index (χ2n) is 7.46. The Bertz CT molecular complexity index is 649. The van der Waals surface area contributed by atoms with Gasteiger partial charge in [0.15, 0.2) is 0 Å². The third-order valence-electron chi connectivity index (χ3n) is 5.17. The maximum absolute atomic E-state index is 14.5. The van der Waals surface area contributed by atoms with Crippen LogP contribution in [0.15, 0.2) is 18.2 Å². The number of hydrogen-bond acceptors (Lipinski definition) is 3. The Hall–Kier alpha value is -1.47. The van der Waals surface area contributed by atoms with Crippen molar-refractivity contribution in [2.45, 2.75) is 51.5 Å². The molecule has 2 heterocycles. The number of carbonyl (C=O) groups is 1. The van der Waals surface area contributed by atoms with Crippen molar-refractivity contribution in [3.63, 3.8) is 0 Å². The highest BCUT2D eigenvalue weighted by Crippen LogP contribution is 2.36. The SMILES string of the molecule is CC1(C)OB(c2ccc(C(=O)N3CC[C@H](F)C3)cc2F)OC1(C)C. The number of amides is 1. The van der Waals surface area contributed by atoms with Gasteiger partial charge in [-0.25, -0.2) is 8.78 Å². The summed E-state index contributed by atoms with van der Waals surface area (Å²) in [6.45, 7) is 8.00. The van der Waals surface area contributed by atoms with Crippen LogP contribution in [-0.4, -0.2) is 48.4 Å². The molecule has 0 saturated carbocycles. The van der Waals surface area contributed by atoms with E-state index in [1.807, 2.05) is 27.7 Å². The van der Waals surface area contributed by atoms with E-state index in [2.05, 4.69) is 0 Å². The maximum Gasteiger partial charge on any atom is 0.497 e. The first-order valence-electron chi connectivity index (χ1n) is 8.19. The molecule has 0 radical (unpaired) electrons. The molecular weight excluding hydrogens is 315 g/mol. The van der Waals surface area contributed by atoms with E-state index in [9.17, 15) is 13.6 Å². The molecule has 3 rings (SSSR count). The van der Waals surface area contributed by atoms with Crippen molar-refractivity contribution in [3.8, 4) is 0 Å². The molecule has 0 N–H and O–H groups in total. The number of halogens is 2. The number of nitrogens with zero attached hydrogens (tertiary/aromatic N) is 1. The molecule has 2 saturated heterocycles. The first-order valence-corrected chi connectivity index (χ1v) is 8.19. The molecule has 2 aliphatic heterocycles. The van der Waals surface area contributed by atoms with Crippen molar-refractivity contribution < 1.29 is 22.9 Å². The lowest BCUT2D eigenvalue weighted by atomic mass is 9.78. The molecule has 7 heteroatoms. The average molecular weight is 337 g/mol. The number of carbonyl (C=O) groups excluding carboxylic acids is 1. The second-order valence-corrected chi connectivity index (χ2v) is 7.46. The summed E-state index contributed by atoms with van der Waals surface area (Å²) in [5.41, 5.74) is -0.661. The van der Waals surface area contributed by atoms with E-state index >= 15 is 0 Å². The van der Waals surface area contributed by atoms with E-state index in [1.54, 1.807) is 0 Å². The van der Waals surface area contributed by atoms with Crippen LogP contribution in [0, 0.1) is 5.82 Å². The molecule has 0 unspecified atom stereocenters. The van der Waals surface area contributed by atoms with Gasteiger partial charge in [0.2, 0.25) is 0 Å². The van der Waals surface area contributed by atoms with Crippen LogP contribution in [-0.2, 0) is 9.31 Å². The fourth-order valence-corrected chi connectivity index (χ4v) is 2.91. The Labute approximate surface area is 141 Å². The molecule has 24 heavy (non-hydrogen) atoms. The van der Waals surface area contributed by atoms with Crippen molar-refractivity contribution in [3.05, 3.63) is 29.6 Å². The summed E-state index contributed by atoms with van der Waals surface area (Å²) in [6, 6.07) is 4.22. The number of rotatable bonds is 2. The third kappa shape index (κ3) is 2.95. The van der Waals surface area contributed by atoms with E-state index in [0.29, 0.717) is 13.0 Å². The zero-order valence-electron chi connectivity index (χ0n) is 14.4. The normalized spacial score (nSPS) is 25.3. The molecule has 1 aromatic carbocycles. The Kier molecular flexibility index (Phi) is 4.20. The minimum Gasteiger partial charge on any atom is -0.399 e. The summed E-state index contributed by atoms with van der Waals surface area (Å²) < 4.78 is 39.4. The first-order chi connectivity index (χ1) is 11.1. The largest absolute Gasteiger partial charge is 0.497 e. The minimum atomic E-state index is -0.997.